The van der Waals surface area contributed by atoms with Gasteiger partial charge in [-0.15, -0.1) is 0 Å². The van der Waals surface area contributed by atoms with Crippen molar-refractivity contribution in [2.75, 3.05) is 13.1 Å². The van der Waals surface area contributed by atoms with E-state index in [4.69, 9.17) is 5.73 Å². The van der Waals surface area contributed by atoms with Gasteiger partial charge in [0.05, 0.1) is 0 Å². The summed E-state index contributed by atoms with van der Waals surface area (Å²) >= 11 is 0. The second kappa shape index (κ2) is 4.53. The van der Waals surface area contributed by atoms with E-state index in [0.29, 0.717) is 6.04 Å². The average Bonchev–Trinajstić information content (AvgIpc) is 2.19. The molecule has 76 valence electrons. The third-order valence-corrected chi connectivity index (χ3v) is 2.70. The molecule has 0 amide bonds. The Morgan fingerprint density at radius 1 is 1.43 bits per heavy atom. The lowest BCUT2D eigenvalue weighted by Gasteiger charge is -2.30. The third kappa shape index (κ3) is 2.53. The van der Waals surface area contributed by atoms with Crippen molar-refractivity contribution < 1.29 is 0 Å². The van der Waals surface area contributed by atoms with E-state index in [9.17, 15) is 0 Å². The first-order valence-electron chi connectivity index (χ1n) is 5.21. The maximum Gasteiger partial charge on any atom is 0.0271 e. The molecule has 1 atom stereocenters. The largest absolute Gasteiger partial charge is 0.327 e. The Morgan fingerprint density at radius 2 is 2.21 bits per heavy atom. The quantitative estimate of drug-likeness (QED) is 0.758. The number of likely N-dealkylation sites (tertiary alicyclic amines) is 1. The van der Waals surface area contributed by atoms with Crippen LogP contribution >= 0.6 is 0 Å². The van der Waals surface area contributed by atoms with E-state index in [1.165, 1.54) is 24.9 Å². The summed E-state index contributed by atoms with van der Waals surface area (Å²) in [5.74, 6) is 0. The van der Waals surface area contributed by atoms with Crippen molar-refractivity contribution in [1.82, 2.24) is 9.88 Å². The number of nitrogens with zero attached hydrogens (tertiary/aromatic N) is 2. The molecule has 1 aromatic heterocycles. The van der Waals surface area contributed by atoms with Crippen molar-refractivity contribution in [3.05, 3.63) is 30.1 Å². The fraction of sp³-hybridized carbons (Fsp3) is 0.545. The monoisotopic (exact) mass is 191 g/mol. The fourth-order valence-electron chi connectivity index (χ4n) is 1.98. The topological polar surface area (TPSA) is 42.1 Å². The molecule has 1 saturated heterocycles. The number of hydrogen-bond acceptors (Lipinski definition) is 3. The lowest BCUT2D eigenvalue weighted by Crippen LogP contribution is -2.42. The predicted molar refractivity (Wildman–Crippen MR) is 56.7 cm³/mol. The highest BCUT2D eigenvalue weighted by molar-refractivity contribution is 5.09. The van der Waals surface area contributed by atoms with E-state index >= 15 is 0 Å². The zero-order chi connectivity index (χ0) is 9.80. The zero-order valence-electron chi connectivity index (χ0n) is 8.39. The van der Waals surface area contributed by atoms with E-state index in [1.54, 1.807) is 0 Å². The van der Waals surface area contributed by atoms with Crippen LogP contribution in [-0.4, -0.2) is 29.0 Å². The Hall–Kier alpha value is -0.930. The van der Waals surface area contributed by atoms with Gasteiger partial charge in [0.1, 0.15) is 0 Å². The molecular weight excluding hydrogens is 174 g/mol. The van der Waals surface area contributed by atoms with Crippen LogP contribution in [0.3, 0.4) is 0 Å². The number of nitrogens with two attached hydrogens (primary N) is 1. The molecule has 3 nitrogen and oxygen atoms in total. The van der Waals surface area contributed by atoms with Gasteiger partial charge in [-0.05, 0) is 37.1 Å². The summed E-state index contributed by atoms with van der Waals surface area (Å²) in [6.45, 7) is 3.22. The second-order valence-corrected chi connectivity index (χ2v) is 3.99. The van der Waals surface area contributed by atoms with E-state index < -0.39 is 0 Å². The lowest BCUT2D eigenvalue weighted by molar-refractivity contribution is 0.201. The smallest absolute Gasteiger partial charge is 0.0271 e. The van der Waals surface area contributed by atoms with Gasteiger partial charge in [0.25, 0.3) is 0 Å². The van der Waals surface area contributed by atoms with Crippen LogP contribution in [0.1, 0.15) is 18.4 Å². The van der Waals surface area contributed by atoms with Crippen molar-refractivity contribution in [3.63, 3.8) is 0 Å². The summed E-state index contributed by atoms with van der Waals surface area (Å²) in [4.78, 5) is 6.43. The first-order chi connectivity index (χ1) is 6.84. The van der Waals surface area contributed by atoms with Gasteiger partial charge >= 0.3 is 0 Å². The van der Waals surface area contributed by atoms with E-state index in [2.05, 4.69) is 22.0 Å². The molecule has 0 radical (unpaired) electrons. The van der Waals surface area contributed by atoms with Crippen LogP contribution in [0.5, 0.6) is 0 Å². The van der Waals surface area contributed by atoms with E-state index in [-0.39, 0.29) is 0 Å². The minimum Gasteiger partial charge on any atom is -0.327 e. The predicted octanol–water partition coefficient (Wildman–Crippen LogP) is 1.00. The number of pyridine rings is 1. The molecule has 0 bridgehead atoms. The fourth-order valence-corrected chi connectivity index (χ4v) is 1.98. The molecule has 14 heavy (non-hydrogen) atoms. The second-order valence-electron chi connectivity index (χ2n) is 3.99. The van der Waals surface area contributed by atoms with Crippen molar-refractivity contribution >= 4 is 0 Å². The Bertz CT molecular complexity index is 273. The molecule has 3 heteroatoms. The summed E-state index contributed by atoms with van der Waals surface area (Å²) in [6.07, 6.45) is 6.09. The van der Waals surface area contributed by atoms with Crippen LogP contribution < -0.4 is 5.73 Å². The summed E-state index contributed by atoms with van der Waals surface area (Å²) < 4.78 is 0. The summed E-state index contributed by atoms with van der Waals surface area (Å²) in [6, 6.07) is 4.51. The molecular formula is C11H17N3. The van der Waals surface area contributed by atoms with Gasteiger partial charge in [-0.1, -0.05) is 0 Å². The standard InChI is InChI=1S/C11H17N3/c12-11-2-1-7-14(9-11)8-10-3-5-13-6-4-10/h3-6,11H,1-2,7-9,12H2/t11-/m0/s1. The van der Waals surface area contributed by atoms with Crippen molar-refractivity contribution in [3.8, 4) is 0 Å². The number of piperidine rings is 1. The normalized spacial score (nSPS) is 23.6. The lowest BCUT2D eigenvalue weighted by atomic mass is 10.1. The molecule has 1 fully saturated rings. The number of aromatic nitrogens is 1. The molecule has 1 aliphatic heterocycles. The molecule has 2 rings (SSSR count). The van der Waals surface area contributed by atoms with Crippen molar-refractivity contribution in [1.29, 1.82) is 0 Å². The van der Waals surface area contributed by atoms with Crippen LogP contribution in [0.25, 0.3) is 0 Å². The molecule has 0 saturated carbocycles. The van der Waals surface area contributed by atoms with Gasteiger partial charge in [-0.2, -0.15) is 0 Å². The number of rotatable bonds is 2. The van der Waals surface area contributed by atoms with Crippen LogP contribution in [0.4, 0.5) is 0 Å². The van der Waals surface area contributed by atoms with Gasteiger partial charge in [-0.25, -0.2) is 0 Å². The maximum absolute atomic E-state index is 5.92. The molecule has 0 spiro atoms. The Balaban J connectivity index is 1.91. The highest BCUT2D eigenvalue weighted by Gasteiger charge is 2.16. The zero-order valence-corrected chi connectivity index (χ0v) is 8.39. The first-order valence-corrected chi connectivity index (χ1v) is 5.21. The molecule has 1 aliphatic rings. The van der Waals surface area contributed by atoms with E-state index in [1.807, 2.05) is 12.4 Å². The molecule has 2 heterocycles. The first kappa shape index (κ1) is 9.62. The van der Waals surface area contributed by atoms with Gasteiger partial charge in [0.15, 0.2) is 0 Å². The Kier molecular flexibility index (Phi) is 3.11. The summed E-state index contributed by atoms with van der Waals surface area (Å²) in [5, 5.41) is 0. The summed E-state index contributed by atoms with van der Waals surface area (Å²) in [5.41, 5.74) is 7.25. The average molecular weight is 191 g/mol. The SMILES string of the molecule is N[C@H]1CCCN(Cc2ccncc2)C1. The van der Waals surface area contributed by atoms with Gasteiger partial charge in [-0.3, -0.25) is 9.88 Å². The van der Waals surface area contributed by atoms with Gasteiger partial charge in [0.2, 0.25) is 0 Å². The number of hydrogen-bond donors (Lipinski definition) is 1. The van der Waals surface area contributed by atoms with Crippen LogP contribution in [0.15, 0.2) is 24.5 Å². The minimum absolute atomic E-state index is 0.366. The van der Waals surface area contributed by atoms with Gasteiger partial charge in [0, 0.05) is 31.5 Å². The highest BCUT2D eigenvalue weighted by atomic mass is 15.1. The minimum atomic E-state index is 0.366. The molecule has 2 N–H and O–H groups in total. The van der Waals surface area contributed by atoms with E-state index in [0.717, 1.165) is 13.1 Å². The molecule has 1 aromatic rings. The molecule has 0 unspecified atom stereocenters. The summed E-state index contributed by atoms with van der Waals surface area (Å²) in [7, 11) is 0. The van der Waals surface area contributed by atoms with Crippen molar-refractivity contribution in [2.45, 2.75) is 25.4 Å². The Morgan fingerprint density at radius 3 is 2.93 bits per heavy atom. The van der Waals surface area contributed by atoms with Crippen LogP contribution in [-0.2, 0) is 6.54 Å². The highest BCUT2D eigenvalue weighted by Crippen LogP contribution is 2.11. The molecule has 0 aliphatic carbocycles. The van der Waals surface area contributed by atoms with Crippen molar-refractivity contribution in [2.24, 2.45) is 5.73 Å². The molecule has 0 aromatic carbocycles. The Labute approximate surface area is 84.9 Å². The van der Waals surface area contributed by atoms with Crippen LogP contribution in [0, 0.1) is 0 Å². The maximum atomic E-state index is 5.92. The van der Waals surface area contributed by atoms with Crippen LogP contribution in [0.2, 0.25) is 0 Å². The van der Waals surface area contributed by atoms with Gasteiger partial charge < -0.3 is 5.73 Å². The third-order valence-electron chi connectivity index (χ3n) is 2.70.